The molecule has 0 amide bonds. The summed E-state index contributed by atoms with van der Waals surface area (Å²) in [6.45, 7) is 4.50. The summed E-state index contributed by atoms with van der Waals surface area (Å²) in [5, 5.41) is 5.78. The van der Waals surface area contributed by atoms with Gasteiger partial charge in [0.2, 0.25) is 0 Å². The van der Waals surface area contributed by atoms with E-state index in [1.807, 2.05) is 12.1 Å². The van der Waals surface area contributed by atoms with E-state index in [1.54, 1.807) is 12.1 Å². The van der Waals surface area contributed by atoms with Gasteiger partial charge >= 0.3 is 0 Å². The molecule has 1 rings (SSSR count). The fourth-order valence-corrected chi connectivity index (χ4v) is 3.90. The topological polar surface area (TPSA) is 65.3 Å². The van der Waals surface area contributed by atoms with Gasteiger partial charge in [0.25, 0.3) is 0 Å². The van der Waals surface area contributed by atoms with Gasteiger partial charge in [-0.25, -0.2) is 0 Å². The summed E-state index contributed by atoms with van der Waals surface area (Å²) in [7, 11) is 0. The first kappa shape index (κ1) is 29.5. The molecule has 6 heteroatoms. The normalized spacial score (nSPS) is 11.4. The fourth-order valence-electron chi connectivity index (χ4n) is 3.90. The van der Waals surface area contributed by atoms with E-state index in [1.165, 1.54) is 89.9 Å². The van der Waals surface area contributed by atoms with Gasteiger partial charge in [0, 0.05) is 18.1 Å². The molecule has 6 nitrogen and oxygen atoms in total. The molecule has 0 saturated heterocycles. The van der Waals surface area contributed by atoms with Gasteiger partial charge in [-0.05, 0) is 49.9 Å². The highest BCUT2D eigenvalue weighted by molar-refractivity contribution is 5.58. The molecule has 0 spiro atoms. The van der Waals surface area contributed by atoms with Crippen molar-refractivity contribution >= 4 is 11.4 Å². The predicted molar refractivity (Wildman–Crippen MR) is 146 cm³/mol. The SMILES string of the molecule is CCCCCCCCCC=CN(C=CCCCCCCCCC)c1ccc(N(N=O)N=O)cc1. The number of benzene rings is 1. The summed E-state index contributed by atoms with van der Waals surface area (Å²) < 4.78 is 0. The molecule has 0 aliphatic rings. The van der Waals surface area contributed by atoms with Crippen LogP contribution in [-0.2, 0) is 0 Å². The van der Waals surface area contributed by atoms with Crippen LogP contribution in [-0.4, -0.2) is 0 Å². The Bertz CT molecular complexity index is 652. The molecule has 0 aliphatic carbocycles. The second-order valence-electron chi connectivity index (χ2n) is 8.97. The number of allylic oxidation sites excluding steroid dienone is 2. The van der Waals surface area contributed by atoms with Crippen molar-refractivity contribution in [2.75, 3.05) is 10.0 Å². The zero-order valence-electron chi connectivity index (χ0n) is 21.5. The van der Waals surface area contributed by atoms with E-state index in [4.69, 9.17) is 0 Å². The molecule has 0 heterocycles. The third-order valence-electron chi connectivity index (χ3n) is 6.01. The average Bonchev–Trinajstić information content (AvgIpc) is 2.86. The standard InChI is InChI=1S/C28H46N4O2/c1-3-5-7-9-11-13-15-17-19-25-31(26-20-18-16-14-12-10-8-6-4-2)27-21-23-28(24-22-27)32(29-33)30-34/h19-26H,3-18H2,1-2H3. The zero-order valence-corrected chi connectivity index (χ0v) is 21.5. The summed E-state index contributed by atoms with van der Waals surface area (Å²) >= 11 is 0. The average molecular weight is 471 g/mol. The van der Waals surface area contributed by atoms with Gasteiger partial charge in [-0.15, -0.1) is 9.81 Å². The first-order valence-corrected chi connectivity index (χ1v) is 13.4. The Morgan fingerprint density at radius 1 is 0.588 bits per heavy atom. The number of unbranched alkanes of at least 4 members (excludes halogenated alkanes) is 14. The summed E-state index contributed by atoms with van der Waals surface area (Å²) in [4.78, 5) is 23.5. The van der Waals surface area contributed by atoms with E-state index in [2.05, 4.69) is 53.9 Å². The summed E-state index contributed by atoms with van der Waals surface area (Å²) in [5.41, 5.74) is 1.32. The van der Waals surface area contributed by atoms with Crippen molar-refractivity contribution in [1.82, 2.24) is 0 Å². The molecule has 0 aromatic heterocycles. The first-order chi connectivity index (χ1) is 16.8. The van der Waals surface area contributed by atoms with Gasteiger partial charge in [0.15, 0.2) is 0 Å². The Balaban J connectivity index is 2.57. The maximum Gasteiger partial charge on any atom is 0.0924 e. The van der Waals surface area contributed by atoms with Crippen LogP contribution in [0.1, 0.15) is 117 Å². The molecule has 0 atom stereocenters. The van der Waals surface area contributed by atoms with Crippen molar-refractivity contribution < 1.29 is 0 Å². The lowest BCUT2D eigenvalue weighted by Gasteiger charge is -2.17. The van der Waals surface area contributed by atoms with Crippen LogP contribution in [0, 0.1) is 9.81 Å². The number of hydrogen-bond acceptors (Lipinski definition) is 5. The molecule has 0 N–H and O–H groups in total. The van der Waals surface area contributed by atoms with Crippen LogP contribution in [0.25, 0.3) is 0 Å². The highest BCUT2D eigenvalue weighted by Gasteiger charge is 2.07. The monoisotopic (exact) mass is 470 g/mol. The first-order valence-electron chi connectivity index (χ1n) is 13.4. The van der Waals surface area contributed by atoms with Crippen LogP contribution in [0.3, 0.4) is 0 Å². The van der Waals surface area contributed by atoms with E-state index in [0.29, 0.717) is 10.8 Å². The van der Waals surface area contributed by atoms with Crippen LogP contribution >= 0.6 is 0 Å². The second-order valence-corrected chi connectivity index (χ2v) is 8.97. The van der Waals surface area contributed by atoms with E-state index in [0.717, 1.165) is 18.5 Å². The van der Waals surface area contributed by atoms with Gasteiger partial charge in [-0.3, -0.25) is 0 Å². The minimum absolute atomic E-state index is 0.354. The third-order valence-corrected chi connectivity index (χ3v) is 6.01. The Labute approximate surface area is 207 Å². The Morgan fingerprint density at radius 3 is 1.38 bits per heavy atom. The Morgan fingerprint density at radius 2 is 0.971 bits per heavy atom. The van der Waals surface area contributed by atoms with Crippen molar-refractivity contribution in [3.63, 3.8) is 0 Å². The van der Waals surface area contributed by atoms with Gasteiger partial charge in [0.05, 0.1) is 16.3 Å². The minimum Gasteiger partial charge on any atom is -0.325 e. The molecule has 34 heavy (non-hydrogen) atoms. The number of nitrogens with zero attached hydrogens (tertiary/aromatic N) is 4. The summed E-state index contributed by atoms with van der Waals surface area (Å²) in [5.74, 6) is 0. The third kappa shape index (κ3) is 13.9. The van der Waals surface area contributed by atoms with Gasteiger partial charge < -0.3 is 4.90 Å². The summed E-state index contributed by atoms with van der Waals surface area (Å²) in [6, 6.07) is 7.10. The van der Waals surface area contributed by atoms with E-state index in [-0.39, 0.29) is 0 Å². The highest BCUT2D eigenvalue weighted by Crippen LogP contribution is 2.22. The van der Waals surface area contributed by atoms with Crippen molar-refractivity contribution in [2.24, 2.45) is 10.6 Å². The largest absolute Gasteiger partial charge is 0.325 e. The van der Waals surface area contributed by atoms with Gasteiger partial charge in [-0.2, -0.15) is 0 Å². The van der Waals surface area contributed by atoms with Gasteiger partial charge in [0.1, 0.15) is 0 Å². The van der Waals surface area contributed by atoms with E-state index >= 15 is 0 Å². The second kappa shape index (κ2) is 21.1. The van der Waals surface area contributed by atoms with E-state index < -0.39 is 0 Å². The van der Waals surface area contributed by atoms with Crippen LogP contribution in [0.2, 0.25) is 0 Å². The minimum atomic E-state index is 0.354. The quantitative estimate of drug-likeness (QED) is 0.0960. The number of hydrogen-bond donors (Lipinski definition) is 0. The van der Waals surface area contributed by atoms with Crippen molar-refractivity contribution in [1.29, 1.82) is 0 Å². The van der Waals surface area contributed by atoms with Crippen LogP contribution in [0.4, 0.5) is 11.4 Å². The molecular weight excluding hydrogens is 424 g/mol. The van der Waals surface area contributed by atoms with Crippen LogP contribution in [0.5, 0.6) is 0 Å². The lowest BCUT2D eigenvalue weighted by Crippen LogP contribution is -2.08. The molecule has 190 valence electrons. The number of rotatable bonds is 22. The van der Waals surface area contributed by atoms with Gasteiger partial charge in [-0.1, -0.05) is 108 Å². The molecule has 0 radical (unpaired) electrons. The molecule has 1 aromatic carbocycles. The molecule has 0 fully saturated rings. The highest BCUT2D eigenvalue weighted by atomic mass is 16.4. The maximum absolute atomic E-state index is 10.7. The molecule has 0 saturated carbocycles. The Hall–Kier alpha value is -2.50. The zero-order chi connectivity index (χ0) is 24.7. The fraction of sp³-hybridized carbons (Fsp3) is 0.643. The molecule has 0 unspecified atom stereocenters. The number of anilines is 2. The van der Waals surface area contributed by atoms with Crippen molar-refractivity contribution in [2.45, 2.75) is 117 Å². The molecule has 0 bridgehead atoms. The maximum atomic E-state index is 10.7. The van der Waals surface area contributed by atoms with Crippen LogP contribution in [0.15, 0.2) is 59.4 Å². The lowest BCUT2D eigenvalue weighted by atomic mass is 10.1. The Kier molecular flexibility index (Phi) is 18.3. The summed E-state index contributed by atoms with van der Waals surface area (Å²) in [6.07, 6.45) is 29.1. The molecule has 1 aromatic rings. The van der Waals surface area contributed by atoms with Crippen LogP contribution < -0.4 is 10.0 Å². The number of nitroso groups, excluding NO2 is 2. The van der Waals surface area contributed by atoms with Crippen molar-refractivity contribution in [3.8, 4) is 0 Å². The predicted octanol–water partition coefficient (Wildman–Crippen LogP) is 9.97. The van der Waals surface area contributed by atoms with Crippen molar-refractivity contribution in [3.05, 3.63) is 58.6 Å². The lowest BCUT2D eigenvalue weighted by molar-refractivity contribution is 0.592. The van der Waals surface area contributed by atoms with E-state index in [9.17, 15) is 9.81 Å². The smallest absolute Gasteiger partial charge is 0.0924 e. The molecule has 0 aliphatic heterocycles. The molecular formula is C28H46N4O2.